The second-order valence-corrected chi connectivity index (χ2v) is 5.04. The summed E-state index contributed by atoms with van der Waals surface area (Å²) >= 11 is 0. The Morgan fingerprint density at radius 2 is 2.32 bits per heavy atom. The summed E-state index contributed by atoms with van der Waals surface area (Å²) < 4.78 is 0. The second-order valence-electron chi connectivity index (χ2n) is 5.04. The smallest absolute Gasteiger partial charge is 0.255 e. The molecule has 0 bridgehead atoms. The largest absolute Gasteiger partial charge is 0.336 e. The summed E-state index contributed by atoms with van der Waals surface area (Å²) in [7, 11) is 0. The molecule has 3 heteroatoms. The number of carbonyl (C=O) groups is 1. The van der Waals surface area contributed by atoms with Crippen LogP contribution in [0.2, 0.25) is 0 Å². The van der Waals surface area contributed by atoms with Gasteiger partial charge in [-0.1, -0.05) is 17.9 Å². The number of benzene rings is 1. The molecule has 19 heavy (non-hydrogen) atoms. The highest BCUT2D eigenvalue weighted by molar-refractivity contribution is 5.97. The van der Waals surface area contributed by atoms with Crippen molar-refractivity contribution in [3.05, 3.63) is 34.9 Å². The molecule has 0 aliphatic carbocycles. The molecule has 2 N–H and O–H groups in total. The number of hydrogen-bond donors (Lipinski definition) is 1. The van der Waals surface area contributed by atoms with Gasteiger partial charge < -0.3 is 10.6 Å². The molecule has 1 fully saturated rings. The Hall–Kier alpha value is -1.79. The van der Waals surface area contributed by atoms with Gasteiger partial charge in [-0.3, -0.25) is 4.79 Å². The normalized spacial score (nSPS) is 18.1. The van der Waals surface area contributed by atoms with Crippen molar-refractivity contribution in [3.63, 3.8) is 0 Å². The molecule has 1 saturated heterocycles. The molecule has 0 saturated carbocycles. The van der Waals surface area contributed by atoms with E-state index in [-0.39, 0.29) is 5.91 Å². The van der Waals surface area contributed by atoms with Crippen LogP contribution in [-0.2, 0) is 0 Å². The van der Waals surface area contributed by atoms with Gasteiger partial charge in [-0.2, -0.15) is 0 Å². The predicted molar refractivity (Wildman–Crippen MR) is 76.8 cm³/mol. The van der Waals surface area contributed by atoms with E-state index in [0.29, 0.717) is 18.2 Å². The molecule has 0 radical (unpaired) electrons. The maximum absolute atomic E-state index is 12.6. The summed E-state index contributed by atoms with van der Waals surface area (Å²) in [4.78, 5) is 14.5. The first kappa shape index (κ1) is 13.6. The van der Waals surface area contributed by atoms with Gasteiger partial charge in [-0.15, -0.1) is 0 Å². The summed E-state index contributed by atoms with van der Waals surface area (Å²) in [5, 5.41) is 0. The zero-order valence-electron chi connectivity index (χ0n) is 11.6. The zero-order valence-corrected chi connectivity index (χ0v) is 11.6. The molecule has 1 aliphatic rings. The summed E-state index contributed by atoms with van der Waals surface area (Å²) in [6.07, 6.45) is 2.17. The van der Waals surface area contributed by atoms with E-state index in [1.54, 1.807) is 0 Å². The van der Waals surface area contributed by atoms with Crippen LogP contribution >= 0.6 is 0 Å². The quantitative estimate of drug-likeness (QED) is 0.780. The van der Waals surface area contributed by atoms with E-state index in [0.717, 1.165) is 30.5 Å². The highest BCUT2D eigenvalue weighted by Gasteiger charge is 2.27. The van der Waals surface area contributed by atoms with Crippen molar-refractivity contribution in [2.24, 2.45) is 5.73 Å². The van der Waals surface area contributed by atoms with Crippen LogP contribution in [0.5, 0.6) is 0 Å². The van der Waals surface area contributed by atoms with Gasteiger partial charge in [0.1, 0.15) is 0 Å². The van der Waals surface area contributed by atoms with Crippen molar-refractivity contribution in [3.8, 4) is 11.8 Å². The number of nitrogens with two attached hydrogens (primary N) is 1. The van der Waals surface area contributed by atoms with Gasteiger partial charge in [-0.25, -0.2) is 0 Å². The molecule has 1 unspecified atom stereocenters. The van der Waals surface area contributed by atoms with Gasteiger partial charge in [0, 0.05) is 18.2 Å². The molecule has 100 valence electrons. The van der Waals surface area contributed by atoms with Crippen molar-refractivity contribution in [2.75, 3.05) is 13.1 Å². The molecule has 1 aliphatic heterocycles. The molecule has 1 aromatic carbocycles. The molecular weight excluding hydrogens is 236 g/mol. The minimum atomic E-state index is 0.0892. The van der Waals surface area contributed by atoms with Crippen LogP contribution in [0.25, 0.3) is 0 Å². The fourth-order valence-corrected chi connectivity index (χ4v) is 2.48. The van der Waals surface area contributed by atoms with Crippen LogP contribution in [0, 0.1) is 18.8 Å². The first-order valence-electron chi connectivity index (χ1n) is 6.74. The number of aryl methyl sites for hydroxylation is 1. The molecule has 1 aromatic rings. The molecule has 1 amide bonds. The van der Waals surface area contributed by atoms with Crippen LogP contribution in [-0.4, -0.2) is 29.9 Å². The van der Waals surface area contributed by atoms with E-state index in [2.05, 4.69) is 18.8 Å². The monoisotopic (exact) mass is 256 g/mol. The van der Waals surface area contributed by atoms with E-state index < -0.39 is 0 Å². The molecule has 0 aromatic heterocycles. The molecule has 3 nitrogen and oxygen atoms in total. The van der Waals surface area contributed by atoms with Gasteiger partial charge >= 0.3 is 0 Å². The minimum Gasteiger partial charge on any atom is -0.336 e. The second kappa shape index (κ2) is 5.90. The van der Waals surface area contributed by atoms with Crippen molar-refractivity contribution >= 4 is 5.91 Å². The third kappa shape index (κ3) is 2.97. The minimum absolute atomic E-state index is 0.0892. The van der Waals surface area contributed by atoms with Gasteiger partial charge in [0.25, 0.3) is 5.91 Å². The highest BCUT2D eigenvalue weighted by atomic mass is 16.2. The van der Waals surface area contributed by atoms with Crippen LogP contribution in [0.15, 0.2) is 18.2 Å². The fraction of sp³-hybridized carbons (Fsp3) is 0.438. The summed E-state index contributed by atoms with van der Waals surface area (Å²) in [6, 6.07) is 6.12. The maximum Gasteiger partial charge on any atom is 0.255 e. The Kier molecular flexibility index (Phi) is 4.24. The van der Waals surface area contributed by atoms with Crippen LogP contribution in [0.3, 0.4) is 0 Å². The Labute approximate surface area is 114 Å². The van der Waals surface area contributed by atoms with E-state index >= 15 is 0 Å². The Morgan fingerprint density at radius 3 is 2.95 bits per heavy atom. The number of nitrogens with zero attached hydrogens (tertiary/aromatic N) is 1. The number of hydrogen-bond acceptors (Lipinski definition) is 2. The van der Waals surface area contributed by atoms with Crippen molar-refractivity contribution in [1.29, 1.82) is 0 Å². The van der Waals surface area contributed by atoms with Gasteiger partial charge in [0.05, 0.1) is 12.1 Å². The van der Waals surface area contributed by atoms with E-state index in [1.807, 2.05) is 30.0 Å². The summed E-state index contributed by atoms with van der Waals surface area (Å²) in [5.74, 6) is 5.94. The molecule has 2 rings (SSSR count). The summed E-state index contributed by atoms with van der Waals surface area (Å²) in [5.41, 5.74) is 8.00. The van der Waals surface area contributed by atoms with E-state index in [9.17, 15) is 4.79 Å². The average Bonchev–Trinajstić information content (AvgIpc) is 2.82. The first-order chi connectivity index (χ1) is 9.13. The predicted octanol–water partition coefficient (Wildman–Crippen LogP) is 1.93. The first-order valence-corrected chi connectivity index (χ1v) is 6.74. The topological polar surface area (TPSA) is 46.3 Å². The number of amides is 1. The SMILES string of the molecule is Cc1ccc(C(=O)N2CCCC2C)c(C#CCN)c1. The number of likely N-dealkylation sites (tertiary alicyclic amines) is 1. The highest BCUT2D eigenvalue weighted by Crippen LogP contribution is 2.21. The van der Waals surface area contributed by atoms with Gasteiger partial charge in [0.15, 0.2) is 0 Å². The third-order valence-corrected chi connectivity index (χ3v) is 3.54. The molecule has 0 spiro atoms. The van der Waals surface area contributed by atoms with Crippen LogP contribution in [0.4, 0.5) is 0 Å². The van der Waals surface area contributed by atoms with Crippen LogP contribution in [0.1, 0.15) is 41.3 Å². The lowest BCUT2D eigenvalue weighted by atomic mass is 10.0. The molecule has 1 heterocycles. The van der Waals surface area contributed by atoms with Crippen molar-refractivity contribution in [1.82, 2.24) is 4.90 Å². The Bertz CT molecular complexity index is 539. The number of rotatable bonds is 1. The van der Waals surface area contributed by atoms with Crippen molar-refractivity contribution < 1.29 is 4.79 Å². The lowest BCUT2D eigenvalue weighted by molar-refractivity contribution is 0.0747. The number of carbonyl (C=O) groups excluding carboxylic acids is 1. The molecular formula is C16H20N2O. The summed E-state index contributed by atoms with van der Waals surface area (Å²) in [6.45, 7) is 5.25. The lowest BCUT2D eigenvalue weighted by Gasteiger charge is -2.22. The average molecular weight is 256 g/mol. The zero-order chi connectivity index (χ0) is 13.8. The van der Waals surface area contributed by atoms with Gasteiger partial charge in [-0.05, 0) is 44.4 Å². The molecule has 1 atom stereocenters. The van der Waals surface area contributed by atoms with Gasteiger partial charge in [0.2, 0.25) is 0 Å². The lowest BCUT2D eigenvalue weighted by Crippen LogP contribution is -2.34. The fourth-order valence-electron chi connectivity index (χ4n) is 2.48. The van der Waals surface area contributed by atoms with E-state index in [1.165, 1.54) is 0 Å². The maximum atomic E-state index is 12.6. The third-order valence-electron chi connectivity index (χ3n) is 3.54. The Morgan fingerprint density at radius 1 is 1.53 bits per heavy atom. The standard InChI is InChI=1S/C16H20N2O/c1-12-7-8-15(14(11-12)6-3-9-17)16(19)18-10-4-5-13(18)2/h7-8,11,13H,4-5,9-10,17H2,1-2H3. The van der Waals surface area contributed by atoms with Crippen molar-refractivity contribution in [2.45, 2.75) is 32.7 Å². The Balaban J connectivity index is 2.35. The van der Waals surface area contributed by atoms with E-state index in [4.69, 9.17) is 5.73 Å². The van der Waals surface area contributed by atoms with Crippen LogP contribution < -0.4 is 5.73 Å².